The molecule has 1 aliphatic carbocycles. The highest BCUT2D eigenvalue weighted by atomic mass is 79.9. The lowest BCUT2D eigenvalue weighted by Gasteiger charge is -2.32. The average molecular weight is 541 g/mol. The zero-order chi connectivity index (χ0) is 22.0. The van der Waals surface area contributed by atoms with Crippen LogP contribution >= 0.6 is 31.9 Å². The van der Waals surface area contributed by atoms with Gasteiger partial charge in [0.25, 0.3) is 0 Å². The van der Waals surface area contributed by atoms with Gasteiger partial charge in [0.05, 0.1) is 0 Å². The van der Waals surface area contributed by atoms with Crippen molar-refractivity contribution in [2.45, 2.75) is 25.9 Å². The first kappa shape index (κ1) is 21.8. The second-order valence-electron chi connectivity index (χ2n) is 7.63. The van der Waals surface area contributed by atoms with Crippen molar-refractivity contribution in [2.24, 2.45) is 0 Å². The summed E-state index contributed by atoms with van der Waals surface area (Å²) in [5.74, 6) is 0. The largest absolute Gasteiger partial charge is 0.428 e. The molecule has 0 aliphatic heterocycles. The molecule has 0 saturated carbocycles. The SMILES string of the molecule is CC=C(C)CCNC(=O)OC1(c2ccccc2)c2ccc(Br)cc2-c2cc(Br)ccc21. The second-order valence-corrected chi connectivity index (χ2v) is 9.46. The predicted octanol–water partition coefficient (Wildman–Crippen LogP) is 7.57. The first-order valence-electron chi connectivity index (χ1n) is 10.2. The normalized spacial score (nSPS) is 14.0. The maximum atomic E-state index is 13.0. The Labute approximate surface area is 199 Å². The summed E-state index contributed by atoms with van der Waals surface area (Å²) in [5, 5.41) is 2.93. The van der Waals surface area contributed by atoms with Crippen molar-refractivity contribution in [2.75, 3.05) is 6.54 Å². The quantitative estimate of drug-likeness (QED) is 0.339. The zero-order valence-electron chi connectivity index (χ0n) is 17.4. The molecule has 0 radical (unpaired) electrons. The van der Waals surface area contributed by atoms with Gasteiger partial charge in [-0.05, 0) is 55.7 Å². The van der Waals surface area contributed by atoms with Crippen LogP contribution in [0.25, 0.3) is 11.1 Å². The molecule has 1 aliphatic rings. The van der Waals surface area contributed by atoms with E-state index in [2.05, 4.69) is 62.3 Å². The van der Waals surface area contributed by atoms with Crippen molar-refractivity contribution < 1.29 is 9.53 Å². The van der Waals surface area contributed by atoms with Crippen LogP contribution < -0.4 is 5.32 Å². The number of benzene rings is 3. The Kier molecular flexibility index (Phi) is 6.35. The summed E-state index contributed by atoms with van der Waals surface area (Å²) in [5.41, 5.74) is 5.13. The van der Waals surface area contributed by atoms with E-state index in [9.17, 15) is 4.79 Å². The van der Waals surface area contributed by atoms with Crippen LogP contribution in [0.15, 0.2) is 87.3 Å². The molecule has 31 heavy (non-hydrogen) atoms. The number of nitrogens with one attached hydrogen (secondary N) is 1. The van der Waals surface area contributed by atoms with E-state index in [-0.39, 0.29) is 0 Å². The van der Waals surface area contributed by atoms with Crippen LogP contribution in [-0.2, 0) is 10.3 Å². The third-order valence-corrected chi connectivity index (χ3v) is 6.71. The molecule has 3 nitrogen and oxygen atoms in total. The number of amides is 1. The van der Waals surface area contributed by atoms with Gasteiger partial charge < -0.3 is 10.1 Å². The Morgan fingerprint density at radius 2 is 1.55 bits per heavy atom. The number of fused-ring (bicyclic) bond motifs is 3. The van der Waals surface area contributed by atoms with E-state index in [0.29, 0.717) is 6.54 Å². The monoisotopic (exact) mass is 539 g/mol. The number of allylic oxidation sites excluding steroid dienone is 1. The first-order chi connectivity index (χ1) is 15.0. The fourth-order valence-electron chi connectivity index (χ4n) is 4.07. The van der Waals surface area contributed by atoms with Gasteiger partial charge in [-0.2, -0.15) is 0 Å². The lowest BCUT2D eigenvalue weighted by Crippen LogP contribution is -2.38. The van der Waals surface area contributed by atoms with Gasteiger partial charge in [-0.1, -0.05) is 86.0 Å². The van der Waals surface area contributed by atoms with Crippen molar-refractivity contribution >= 4 is 38.0 Å². The first-order valence-corrected chi connectivity index (χ1v) is 11.8. The molecule has 0 fully saturated rings. The molecule has 0 aromatic heterocycles. The molecule has 0 atom stereocenters. The van der Waals surface area contributed by atoms with Crippen LogP contribution in [0.2, 0.25) is 0 Å². The third kappa shape index (κ3) is 4.09. The highest BCUT2D eigenvalue weighted by Crippen LogP contribution is 2.54. The van der Waals surface area contributed by atoms with Crippen LogP contribution in [0.5, 0.6) is 0 Å². The van der Waals surface area contributed by atoms with E-state index in [1.165, 1.54) is 5.57 Å². The van der Waals surface area contributed by atoms with Crippen molar-refractivity contribution in [1.82, 2.24) is 5.32 Å². The molecule has 0 saturated heterocycles. The van der Waals surface area contributed by atoms with Gasteiger partial charge in [-0.25, -0.2) is 4.79 Å². The number of alkyl carbamates (subject to hydrolysis) is 1. The summed E-state index contributed by atoms with van der Waals surface area (Å²) in [6, 6.07) is 22.2. The molecule has 0 spiro atoms. The van der Waals surface area contributed by atoms with E-state index in [0.717, 1.165) is 43.2 Å². The highest BCUT2D eigenvalue weighted by molar-refractivity contribution is 9.10. The molecule has 3 aromatic carbocycles. The van der Waals surface area contributed by atoms with Gasteiger partial charge in [0.2, 0.25) is 0 Å². The van der Waals surface area contributed by atoms with E-state index < -0.39 is 11.7 Å². The van der Waals surface area contributed by atoms with Gasteiger partial charge >= 0.3 is 6.09 Å². The van der Waals surface area contributed by atoms with Crippen molar-refractivity contribution in [3.8, 4) is 11.1 Å². The van der Waals surface area contributed by atoms with E-state index in [1.54, 1.807) is 0 Å². The maximum absolute atomic E-state index is 13.0. The molecule has 3 aromatic rings. The number of rotatable bonds is 5. The summed E-state index contributed by atoms with van der Waals surface area (Å²) in [7, 11) is 0. The molecular weight excluding hydrogens is 518 g/mol. The van der Waals surface area contributed by atoms with E-state index in [4.69, 9.17) is 4.74 Å². The number of halogens is 2. The van der Waals surface area contributed by atoms with Gasteiger partial charge in [0, 0.05) is 32.2 Å². The molecule has 0 unspecified atom stereocenters. The van der Waals surface area contributed by atoms with Crippen molar-refractivity contribution in [3.05, 3.63) is 104 Å². The summed E-state index contributed by atoms with van der Waals surface area (Å²) >= 11 is 7.19. The Hall–Kier alpha value is -2.37. The smallest absolute Gasteiger partial charge is 0.408 e. The minimum Gasteiger partial charge on any atom is -0.428 e. The fraction of sp³-hybridized carbons (Fsp3) is 0.192. The average Bonchev–Trinajstić information content (AvgIpc) is 3.03. The number of hydrogen-bond acceptors (Lipinski definition) is 2. The Bertz CT molecular complexity index is 1100. The number of ether oxygens (including phenoxy) is 1. The summed E-state index contributed by atoms with van der Waals surface area (Å²) in [4.78, 5) is 13.0. The van der Waals surface area contributed by atoms with Crippen LogP contribution in [-0.4, -0.2) is 12.6 Å². The number of carbonyl (C=O) groups is 1. The van der Waals surface area contributed by atoms with Gasteiger partial charge in [0.15, 0.2) is 5.60 Å². The molecule has 0 bridgehead atoms. The predicted molar refractivity (Wildman–Crippen MR) is 132 cm³/mol. The lowest BCUT2D eigenvalue weighted by molar-refractivity contribution is 0.0698. The second kappa shape index (κ2) is 9.01. The van der Waals surface area contributed by atoms with Crippen LogP contribution in [0, 0.1) is 0 Å². The molecule has 1 N–H and O–H groups in total. The van der Waals surface area contributed by atoms with Crippen LogP contribution in [0.3, 0.4) is 0 Å². The zero-order valence-corrected chi connectivity index (χ0v) is 20.6. The maximum Gasteiger partial charge on any atom is 0.408 e. The van der Waals surface area contributed by atoms with Crippen LogP contribution in [0.1, 0.15) is 37.0 Å². The van der Waals surface area contributed by atoms with E-state index in [1.807, 2.05) is 61.5 Å². The van der Waals surface area contributed by atoms with Crippen molar-refractivity contribution in [3.63, 3.8) is 0 Å². The van der Waals surface area contributed by atoms with E-state index >= 15 is 0 Å². The van der Waals surface area contributed by atoms with Gasteiger partial charge in [-0.3, -0.25) is 0 Å². The lowest BCUT2D eigenvalue weighted by atomic mass is 9.84. The standard InChI is InChI=1S/C26H23Br2NO2/c1-3-17(2)13-14-29-25(30)31-26(18-7-5-4-6-8-18)23-11-9-19(27)15-21(23)22-16-20(28)10-12-24(22)26/h3-12,15-16H,13-14H2,1-2H3,(H,29,30). The number of carbonyl (C=O) groups excluding carboxylic acids is 1. The summed E-state index contributed by atoms with van der Waals surface area (Å²) in [6.07, 6.45) is 2.41. The van der Waals surface area contributed by atoms with Gasteiger partial charge in [0.1, 0.15) is 0 Å². The Balaban J connectivity index is 1.84. The van der Waals surface area contributed by atoms with Crippen molar-refractivity contribution in [1.29, 1.82) is 0 Å². The van der Waals surface area contributed by atoms with Crippen LogP contribution in [0.4, 0.5) is 4.79 Å². The topological polar surface area (TPSA) is 38.3 Å². The molecule has 4 rings (SSSR count). The molecule has 1 amide bonds. The number of hydrogen-bond donors (Lipinski definition) is 1. The molecule has 5 heteroatoms. The molecular formula is C26H23Br2NO2. The fourth-order valence-corrected chi connectivity index (χ4v) is 4.79. The summed E-state index contributed by atoms with van der Waals surface area (Å²) in [6.45, 7) is 4.58. The third-order valence-electron chi connectivity index (χ3n) is 5.72. The summed E-state index contributed by atoms with van der Waals surface area (Å²) < 4.78 is 8.29. The Morgan fingerprint density at radius 1 is 0.968 bits per heavy atom. The molecule has 0 heterocycles. The minimum absolute atomic E-state index is 0.433. The minimum atomic E-state index is -1.02. The van der Waals surface area contributed by atoms with Gasteiger partial charge in [-0.15, -0.1) is 0 Å². The molecule has 158 valence electrons. The Morgan fingerprint density at radius 3 is 2.10 bits per heavy atom. The highest BCUT2D eigenvalue weighted by Gasteiger charge is 2.48.